The maximum atomic E-state index is 5.59. The van der Waals surface area contributed by atoms with Crippen LogP contribution in [0.25, 0.3) is 0 Å². The zero-order chi connectivity index (χ0) is 15.2. The van der Waals surface area contributed by atoms with E-state index in [1.165, 1.54) is 16.7 Å². The fourth-order valence-electron chi connectivity index (χ4n) is 2.31. The third-order valence-corrected chi connectivity index (χ3v) is 3.52. The van der Waals surface area contributed by atoms with E-state index in [4.69, 9.17) is 4.42 Å². The number of nitrogens with one attached hydrogen (secondary N) is 1. The van der Waals surface area contributed by atoms with Crippen LogP contribution in [0.4, 0.5) is 0 Å². The van der Waals surface area contributed by atoms with Crippen molar-refractivity contribution in [1.29, 1.82) is 0 Å². The largest absolute Gasteiger partial charge is 0.468 e. The van der Waals surface area contributed by atoms with E-state index >= 15 is 0 Å². The molecule has 1 N–H and O–H groups in total. The zero-order valence-corrected chi connectivity index (χ0v) is 13.5. The molecule has 0 saturated carbocycles. The van der Waals surface area contributed by atoms with Gasteiger partial charge in [-0.1, -0.05) is 43.7 Å². The third-order valence-electron chi connectivity index (χ3n) is 3.52. The summed E-state index contributed by atoms with van der Waals surface area (Å²) in [5.74, 6) is 1.04. The van der Waals surface area contributed by atoms with Crippen molar-refractivity contribution in [2.24, 2.45) is 0 Å². The molecule has 0 bridgehead atoms. The van der Waals surface area contributed by atoms with E-state index in [0.29, 0.717) is 6.04 Å². The van der Waals surface area contributed by atoms with Gasteiger partial charge in [-0.2, -0.15) is 0 Å². The van der Waals surface area contributed by atoms with Gasteiger partial charge in [-0.3, -0.25) is 4.90 Å². The first-order chi connectivity index (χ1) is 10.0. The lowest BCUT2D eigenvalue weighted by Gasteiger charge is -2.17. The van der Waals surface area contributed by atoms with Gasteiger partial charge in [0.25, 0.3) is 0 Å². The highest BCUT2D eigenvalue weighted by Gasteiger charge is 2.09. The molecule has 1 aromatic carbocycles. The highest BCUT2D eigenvalue weighted by atomic mass is 16.3. The molecule has 0 spiro atoms. The Morgan fingerprint density at radius 1 is 1.10 bits per heavy atom. The van der Waals surface area contributed by atoms with Gasteiger partial charge in [-0.15, -0.1) is 0 Å². The molecule has 1 aromatic heterocycles. The number of aryl methyl sites for hydroxylation is 1. The Morgan fingerprint density at radius 2 is 1.81 bits per heavy atom. The van der Waals surface area contributed by atoms with Crippen molar-refractivity contribution in [3.63, 3.8) is 0 Å². The van der Waals surface area contributed by atoms with E-state index in [0.717, 1.165) is 25.4 Å². The summed E-state index contributed by atoms with van der Waals surface area (Å²) in [7, 11) is 2.15. The first-order valence-corrected chi connectivity index (χ1v) is 7.57. The van der Waals surface area contributed by atoms with E-state index < -0.39 is 0 Å². The Hall–Kier alpha value is -1.58. The van der Waals surface area contributed by atoms with E-state index in [2.05, 4.69) is 68.4 Å². The summed E-state index contributed by atoms with van der Waals surface area (Å²) in [4.78, 5) is 2.31. The highest BCUT2D eigenvalue weighted by Crippen LogP contribution is 2.15. The predicted molar refractivity (Wildman–Crippen MR) is 87.0 cm³/mol. The van der Waals surface area contributed by atoms with Gasteiger partial charge in [0.05, 0.1) is 12.8 Å². The van der Waals surface area contributed by atoms with Gasteiger partial charge in [-0.25, -0.2) is 0 Å². The fourth-order valence-corrected chi connectivity index (χ4v) is 2.31. The van der Waals surface area contributed by atoms with Gasteiger partial charge < -0.3 is 9.73 Å². The standard InChI is InChI=1S/C18H26N2O/c1-14(2)19-11-18-17(9-10-21-18)13-20(4)12-16-7-5-15(3)6-8-16/h5-10,14,19H,11-13H2,1-4H3. The summed E-state index contributed by atoms with van der Waals surface area (Å²) >= 11 is 0. The molecule has 1 heterocycles. The Labute approximate surface area is 128 Å². The minimum atomic E-state index is 0.466. The van der Waals surface area contributed by atoms with E-state index in [1.54, 1.807) is 6.26 Å². The van der Waals surface area contributed by atoms with Gasteiger partial charge >= 0.3 is 0 Å². The molecule has 0 unspecified atom stereocenters. The topological polar surface area (TPSA) is 28.4 Å². The van der Waals surface area contributed by atoms with Crippen molar-refractivity contribution < 1.29 is 4.42 Å². The van der Waals surface area contributed by atoms with Crippen LogP contribution < -0.4 is 5.32 Å². The average molecular weight is 286 g/mol. The van der Waals surface area contributed by atoms with Crippen molar-refractivity contribution in [2.75, 3.05) is 7.05 Å². The Kier molecular flexibility index (Phi) is 5.59. The summed E-state index contributed by atoms with van der Waals surface area (Å²) in [5, 5.41) is 3.41. The highest BCUT2D eigenvalue weighted by molar-refractivity contribution is 5.22. The number of hydrogen-bond donors (Lipinski definition) is 1. The molecule has 0 aliphatic heterocycles. The Bertz CT molecular complexity index is 543. The molecule has 0 radical (unpaired) electrons. The monoisotopic (exact) mass is 286 g/mol. The van der Waals surface area contributed by atoms with Crippen LogP contribution in [0.15, 0.2) is 41.0 Å². The Morgan fingerprint density at radius 3 is 2.48 bits per heavy atom. The van der Waals surface area contributed by atoms with Crippen molar-refractivity contribution in [3.05, 3.63) is 59.0 Å². The lowest BCUT2D eigenvalue weighted by molar-refractivity contribution is 0.314. The second kappa shape index (κ2) is 7.43. The molecular weight excluding hydrogens is 260 g/mol. The summed E-state index contributed by atoms with van der Waals surface area (Å²) in [6, 6.07) is 11.3. The second-order valence-electron chi connectivity index (χ2n) is 6.06. The van der Waals surface area contributed by atoms with E-state index in [-0.39, 0.29) is 0 Å². The normalized spacial score (nSPS) is 11.5. The third kappa shape index (κ3) is 5.03. The van der Waals surface area contributed by atoms with Crippen molar-refractivity contribution in [1.82, 2.24) is 10.2 Å². The molecule has 0 aliphatic rings. The predicted octanol–water partition coefficient (Wildman–Crippen LogP) is 3.72. The van der Waals surface area contributed by atoms with Crippen LogP contribution in [0.2, 0.25) is 0 Å². The number of furan rings is 1. The van der Waals surface area contributed by atoms with Crippen LogP contribution in [-0.4, -0.2) is 18.0 Å². The number of benzene rings is 1. The van der Waals surface area contributed by atoms with Crippen LogP contribution in [0.5, 0.6) is 0 Å². The smallest absolute Gasteiger partial charge is 0.122 e. The zero-order valence-electron chi connectivity index (χ0n) is 13.5. The van der Waals surface area contributed by atoms with Crippen LogP contribution in [0, 0.1) is 6.92 Å². The van der Waals surface area contributed by atoms with Crippen molar-refractivity contribution in [2.45, 2.75) is 46.4 Å². The minimum Gasteiger partial charge on any atom is -0.468 e. The molecule has 0 aliphatic carbocycles. The maximum absolute atomic E-state index is 5.59. The van der Waals surface area contributed by atoms with Gasteiger partial charge in [0, 0.05) is 24.7 Å². The molecule has 0 atom stereocenters. The van der Waals surface area contributed by atoms with Crippen molar-refractivity contribution in [3.8, 4) is 0 Å². The molecule has 21 heavy (non-hydrogen) atoms. The van der Waals surface area contributed by atoms with Crippen LogP contribution >= 0.6 is 0 Å². The average Bonchev–Trinajstić information content (AvgIpc) is 2.86. The van der Waals surface area contributed by atoms with Gasteiger partial charge in [-0.05, 0) is 25.6 Å². The second-order valence-corrected chi connectivity index (χ2v) is 6.06. The molecule has 2 rings (SSSR count). The van der Waals surface area contributed by atoms with Gasteiger partial charge in [0.2, 0.25) is 0 Å². The number of hydrogen-bond acceptors (Lipinski definition) is 3. The van der Waals surface area contributed by atoms with E-state index in [9.17, 15) is 0 Å². The molecule has 3 nitrogen and oxygen atoms in total. The minimum absolute atomic E-state index is 0.466. The molecule has 0 fully saturated rings. The van der Waals surface area contributed by atoms with Gasteiger partial charge in [0.15, 0.2) is 0 Å². The SMILES string of the molecule is Cc1ccc(CN(C)Cc2ccoc2CNC(C)C)cc1. The fraction of sp³-hybridized carbons (Fsp3) is 0.444. The molecular formula is C18H26N2O. The van der Waals surface area contributed by atoms with Crippen LogP contribution in [0.3, 0.4) is 0 Å². The molecule has 3 heteroatoms. The van der Waals surface area contributed by atoms with Crippen LogP contribution in [0.1, 0.15) is 36.3 Å². The summed E-state index contributed by atoms with van der Waals surface area (Å²) in [6.45, 7) is 9.05. The summed E-state index contributed by atoms with van der Waals surface area (Å²) in [6.07, 6.45) is 1.78. The molecule has 2 aromatic rings. The number of rotatable bonds is 7. The summed E-state index contributed by atoms with van der Waals surface area (Å²) < 4.78 is 5.59. The molecule has 114 valence electrons. The molecule has 0 saturated heterocycles. The first-order valence-electron chi connectivity index (χ1n) is 7.57. The quantitative estimate of drug-likeness (QED) is 0.841. The Balaban J connectivity index is 1.91. The van der Waals surface area contributed by atoms with Crippen LogP contribution in [-0.2, 0) is 19.6 Å². The number of nitrogens with zero attached hydrogens (tertiary/aromatic N) is 1. The molecule has 0 amide bonds. The van der Waals surface area contributed by atoms with Crippen molar-refractivity contribution >= 4 is 0 Å². The first kappa shape index (κ1) is 15.8. The lowest BCUT2D eigenvalue weighted by Crippen LogP contribution is -2.23. The maximum Gasteiger partial charge on any atom is 0.122 e. The lowest BCUT2D eigenvalue weighted by atomic mass is 10.1. The summed E-state index contributed by atoms with van der Waals surface area (Å²) in [5.41, 5.74) is 3.91. The van der Waals surface area contributed by atoms with E-state index in [1.807, 2.05) is 0 Å². The van der Waals surface area contributed by atoms with Gasteiger partial charge in [0.1, 0.15) is 5.76 Å².